The summed E-state index contributed by atoms with van der Waals surface area (Å²) >= 11 is 1.43. The maximum atomic E-state index is 13.1. The van der Waals surface area contributed by atoms with Crippen LogP contribution in [0.25, 0.3) is 0 Å². The number of nitrogens with one attached hydrogen (secondary N) is 3. The Hall–Kier alpha value is -3.90. The number of hydrogen-bond donors (Lipinski definition) is 6. The number of rotatable bonds is 16. The molecule has 4 unspecified atom stereocenters. The van der Waals surface area contributed by atoms with E-state index in [9.17, 15) is 34.2 Å². The van der Waals surface area contributed by atoms with Gasteiger partial charge in [-0.2, -0.15) is 11.8 Å². The summed E-state index contributed by atoms with van der Waals surface area (Å²) in [4.78, 5) is 62.0. The Morgan fingerprint density at radius 1 is 0.744 bits per heavy atom. The van der Waals surface area contributed by atoms with Crippen molar-refractivity contribution < 1.29 is 34.2 Å². The van der Waals surface area contributed by atoms with Gasteiger partial charge >= 0.3 is 11.9 Å². The molecule has 0 saturated carbocycles. The molecule has 0 aliphatic rings. The Balaban J connectivity index is 2.11. The third-order valence-corrected chi connectivity index (χ3v) is 6.43. The molecule has 12 heteroatoms. The van der Waals surface area contributed by atoms with E-state index in [1.165, 1.54) is 11.8 Å². The second-order valence-corrected chi connectivity index (χ2v) is 9.87. The van der Waals surface area contributed by atoms with Gasteiger partial charge in [0.2, 0.25) is 17.7 Å². The van der Waals surface area contributed by atoms with Crippen molar-refractivity contribution in [2.24, 2.45) is 5.73 Å². The lowest BCUT2D eigenvalue weighted by molar-refractivity contribution is -0.143. The van der Waals surface area contributed by atoms with Crippen LogP contribution in [0.15, 0.2) is 60.7 Å². The molecule has 0 aliphatic heterocycles. The van der Waals surface area contributed by atoms with E-state index in [2.05, 4.69) is 16.0 Å². The molecule has 0 radical (unpaired) electrons. The van der Waals surface area contributed by atoms with Crippen molar-refractivity contribution in [2.45, 2.75) is 49.9 Å². The summed E-state index contributed by atoms with van der Waals surface area (Å²) in [6.45, 7) is 0. The predicted molar refractivity (Wildman–Crippen MR) is 147 cm³/mol. The number of carbonyl (C=O) groups is 5. The molecule has 0 spiro atoms. The Kier molecular flexibility index (Phi) is 13.0. The first kappa shape index (κ1) is 31.3. The zero-order valence-corrected chi connectivity index (χ0v) is 22.4. The summed E-state index contributed by atoms with van der Waals surface area (Å²) in [6.07, 6.45) is 1.43. The average Bonchev–Trinajstić information content (AvgIpc) is 2.90. The minimum Gasteiger partial charge on any atom is -0.481 e. The second-order valence-electron chi connectivity index (χ2n) is 8.89. The van der Waals surface area contributed by atoms with E-state index >= 15 is 0 Å². The van der Waals surface area contributed by atoms with Gasteiger partial charge in [-0.3, -0.25) is 19.2 Å². The quantitative estimate of drug-likeness (QED) is 0.171. The molecule has 0 aromatic heterocycles. The molecule has 0 heterocycles. The average molecular weight is 559 g/mol. The lowest BCUT2D eigenvalue weighted by Crippen LogP contribution is -2.58. The highest BCUT2D eigenvalue weighted by molar-refractivity contribution is 7.98. The van der Waals surface area contributed by atoms with Crippen LogP contribution in [0.5, 0.6) is 0 Å². The van der Waals surface area contributed by atoms with Crippen LogP contribution in [0.3, 0.4) is 0 Å². The largest absolute Gasteiger partial charge is 0.481 e. The Bertz CT molecular complexity index is 1120. The number of aliphatic carboxylic acids is 2. The molecule has 4 atom stereocenters. The van der Waals surface area contributed by atoms with Crippen LogP contribution in [0.2, 0.25) is 0 Å². The maximum absolute atomic E-state index is 13.1. The molecular weight excluding hydrogens is 524 g/mol. The van der Waals surface area contributed by atoms with Gasteiger partial charge in [0.05, 0.1) is 12.5 Å². The fourth-order valence-electron chi connectivity index (χ4n) is 3.72. The van der Waals surface area contributed by atoms with Crippen LogP contribution in [0.1, 0.15) is 24.0 Å². The minimum atomic E-state index is -1.57. The van der Waals surface area contributed by atoms with Gasteiger partial charge in [-0.1, -0.05) is 60.7 Å². The van der Waals surface area contributed by atoms with Crippen LogP contribution in [0, 0.1) is 0 Å². The third-order valence-electron chi connectivity index (χ3n) is 5.79. The molecule has 0 aliphatic carbocycles. The van der Waals surface area contributed by atoms with E-state index < -0.39 is 60.2 Å². The zero-order chi connectivity index (χ0) is 28.8. The molecule has 2 aromatic rings. The molecule has 0 fully saturated rings. The van der Waals surface area contributed by atoms with E-state index in [-0.39, 0.29) is 19.3 Å². The molecule has 11 nitrogen and oxygen atoms in total. The molecule has 0 saturated heterocycles. The fraction of sp³-hybridized carbons (Fsp3) is 0.370. The number of carboxylic acid groups (broad SMARTS) is 2. The lowest BCUT2D eigenvalue weighted by Gasteiger charge is -2.24. The zero-order valence-electron chi connectivity index (χ0n) is 21.5. The Morgan fingerprint density at radius 3 is 1.74 bits per heavy atom. The van der Waals surface area contributed by atoms with E-state index in [1.807, 2.05) is 36.6 Å². The Labute approximate surface area is 230 Å². The first-order valence-corrected chi connectivity index (χ1v) is 13.7. The molecule has 2 aromatic carbocycles. The van der Waals surface area contributed by atoms with Crippen LogP contribution in [0.4, 0.5) is 0 Å². The number of benzene rings is 2. The number of carbonyl (C=O) groups excluding carboxylic acids is 3. The highest BCUT2D eigenvalue weighted by atomic mass is 32.2. The van der Waals surface area contributed by atoms with Gasteiger partial charge in [0.1, 0.15) is 18.1 Å². The molecule has 210 valence electrons. The summed E-state index contributed by atoms with van der Waals surface area (Å²) in [6, 6.07) is 12.8. The molecule has 2 rings (SSSR count). The van der Waals surface area contributed by atoms with Crippen molar-refractivity contribution in [1.29, 1.82) is 0 Å². The van der Waals surface area contributed by atoms with Crippen molar-refractivity contribution >= 4 is 41.4 Å². The first-order valence-electron chi connectivity index (χ1n) is 12.3. The summed E-state index contributed by atoms with van der Waals surface area (Å²) < 4.78 is 0. The molecular formula is C27H34N4O7S. The van der Waals surface area contributed by atoms with Crippen LogP contribution in [-0.4, -0.2) is 76.0 Å². The van der Waals surface area contributed by atoms with Crippen LogP contribution in [-0.2, 0) is 36.8 Å². The molecule has 3 amide bonds. The number of hydrogen-bond acceptors (Lipinski definition) is 7. The topological polar surface area (TPSA) is 188 Å². The normalized spacial score (nSPS) is 13.8. The Morgan fingerprint density at radius 2 is 1.23 bits per heavy atom. The van der Waals surface area contributed by atoms with Crippen molar-refractivity contribution in [3.8, 4) is 0 Å². The summed E-state index contributed by atoms with van der Waals surface area (Å²) in [7, 11) is 0. The standard InChI is InChI=1S/C27H34N4O7S/c1-39-13-12-20(29-24(34)19(28)14-17-8-4-2-5-9-17)25(35)30-21(16-23(32)33)26(36)31-22(27(37)38)15-18-10-6-3-7-11-18/h2-11,19-22H,12-16,28H2,1H3,(H,29,34)(H,30,35)(H,31,36)(H,32,33)(H,37,38). The third kappa shape index (κ3) is 11.2. The van der Waals surface area contributed by atoms with E-state index in [1.54, 1.807) is 30.3 Å². The summed E-state index contributed by atoms with van der Waals surface area (Å²) in [5.74, 6) is -4.52. The second kappa shape index (κ2) is 16.1. The smallest absolute Gasteiger partial charge is 0.326 e. The molecule has 7 N–H and O–H groups in total. The van der Waals surface area contributed by atoms with Gasteiger partial charge in [-0.15, -0.1) is 0 Å². The highest BCUT2D eigenvalue weighted by Crippen LogP contribution is 2.08. The van der Waals surface area contributed by atoms with Gasteiger partial charge < -0.3 is 31.9 Å². The SMILES string of the molecule is CSCCC(NC(=O)C(N)Cc1ccccc1)C(=O)NC(CC(=O)O)C(=O)NC(Cc1ccccc1)C(=O)O. The van der Waals surface area contributed by atoms with Gasteiger partial charge in [0, 0.05) is 6.42 Å². The molecule has 39 heavy (non-hydrogen) atoms. The first-order chi connectivity index (χ1) is 18.6. The van der Waals surface area contributed by atoms with Gasteiger partial charge in [0.25, 0.3) is 0 Å². The monoisotopic (exact) mass is 558 g/mol. The predicted octanol–water partition coefficient (Wildman–Crippen LogP) is 0.566. The van der Waals surface area contributed by atoms with Crippen molar-refractivity contribution in [3.05, 3.63) is 71.8 Å². The molecule has 0 bridgehead atoms. The van der Waals surface area contributed by atoms with Crippen molar-refractivity contribution in [2.75, 3.05) is 12.0 Å². The van der Waals surface area contributed by atoms with E-state index in [0.29, 0.717) is 11.3 Å². The number of nitrogens with two attached hydrogens (primary N) is 1. The van der Waals surface area contributed by atoms with Crippen molar-refractivity contribution in [3.63, 3.8) is 0 Å². The van der Waals surface area contributed by atoms with E-state index in [4.69, 9.17) is 5.73 Å². The van der Waals surface area contributed by atoms with Gasteiger partial charge in [-0.25, -0.2) is 4.79 Å². The van der Waals surface area contributed by atoms with Gasteiger partial charge in [0.15, 0.2) is 0 Å². The van der Waals surface area contributed by atoms with Crippen LogP contribution >= 0.6 is 11.8 Å². The van der Waals surface area contributed by atoms with Crippen LogP contribution < -0.4 is 21.7 Å². The highest BCUT2D eigenvalue weighted by Gasteiger charge is 2.31. The van der Waals surface area contributed by atoms with Crippen molar-refractivity contribution in [1.82, 2.24) is 16.0 Å². The number of carboxylic acids is 2. The number of amides is 3. The minimum absolute atomic E-state index is 0.0403. The maximum Gasteiger partial charge on any atom is 0.326 e. The summed E-state index contributed by atoms with van der Waals surface area (Å²) in [5.41, 5.74) is 7.53. The summed E-state index contributed by atoms with van der Waals surface area (Å²) in [5, 5.41) is 26.2. The number of thioether (sulfide) groups is 1. The van der Waals surface area contributed by atoms with Gasteiger partial charge in [-0.05, 0) is 36.0 Å². The lowest BCUT2D eigenvalue weighted by atomic mass is 10.0. The fourth-order valence-corrected chi connectivity index (χ4v) is 4.19. The van der Waals surface area contributed by atoms with E-state index in [0.717, 1.165) is 5.56 Å².